The topological polar surface area (TPSA) is 58.4 Å². The van der Waals surface area contributed by atoms with Crippen LogP contribution in [0.1, 0.15) is 40.7 Å². The molecule has 1 aromatic heterocycles. The highest BCUT2D eigenvalue weighted by Gasteiger charge is 2.26. The normalized spacial score (nSPS) is 18.3. The van der Waals surface area contributed by atoms with Gasteiger partial charge in [0.15, 0.2) is 0 Å². The van der Waals surface area contributed by atoms with Gasteiger partial charge in [0, 0.05) is 25.7 Å². The maximum atomic E-state index is 12.5. The van der Waals surface area contributed by atoms with Gasteiger partial charge in [0.1, 0.15) is 11.3 Å². The van der Waals surface area contributed by atoms with Gasteiger partial charge in [-0.2, -0.15) is 0 Å². The molecule has 0 bridgehead atoms. The summed E-state index contributed by atoms with van der Waals surface area (Å²) in [6, 6.07) is 10.6. The number of rotatable bonds is 5. The van der Waals surface area contributed by atoms with Crippen LogP contribution < -0.4 is 5.32 Å². The van der Waals surface area contributed by atoms with E-state index in [0.717, 1.165) is 31.7 Å². The smallest absolute Gasteiger partial charge is 0.257 e. The van der Waals surface area contributed by atoms with Crippen molar-refractivity contribution < 1.29 is 9.32 Å². The first kappa shape index (κ1) is 15.7. The molecular formula is C18H23N3O2. The van der Waals surface area contributed by atoms with Crippen molar-refractivity contribution in [2.45, 2.75) is 39.3 Å². The van der Waals surface area contributed by atoms with E-state index in [1.54, 1.807) is 6.92 Å². The maximum absolute atomic E-state index is 12.5. The molecule has 1 saturated heterocycles. The van der Waals surface area contributed by atoms with Gasteiger partial charge in [0.25, 0.3) is 5.91 Å². The number of hydrogen-bond acceptors (Lipinski definition) is 4. The third-order valence-electron chi connectivity index (χ3n) is 4.35. The minimum atomic E-state index is -0.0628. The lowest BCUT2D eigenvalue weighted by atomic mass is 10.1. The van der Waals surface area contributed by atoms with Crippen molar-refractivity contribution in [2.75, 3.05) is 13.1 Å². The molecule has 2 aromatic rings. The SMILES string of the molecule is CCc1noc(C)c1C(=O)NC1CCN(Cc2ccccc2)C1. The Hall–Kier alpha value is -2.14. The summed E-state index contributed by atoms with van der Waals surface area (Å²) in [7, 11) is 0. The summed E-state index contributed by atoms with van der Waals surface area (Å²) < 4.78 is 5.15. The molecular weight excluding hydrogens is 290 g/mol. The van der Waals surface area contributed by atoms with Crippen LogP contribution in [0.4, 0.5) is 0 Å². The van der Waals surface area contributed by atoms with Crippen molar-refractivity contribution in [2.24, 2.45) is 0 Å². The first-order valence-corrected chi connectivity index (χ1v) is 8.19. The molecule has 0 radical (unpaired) electrons. The Morgan fingerprint density at radius 2 is 2.17 bits per heavy atom. The van der Waals surface area contributed by atoms with Gasteiger partial charge in [-0.1, -0.05) is 42.4 Å². The van der Waals surface area contributed by atoms with E-state index in [-0.39, 0.29) is 11.9 Å². The van der Waals surface area contributed by atoms with Crippen LogP contribution in [0, 0.1) is 6.92 Å². The average Bonchev–Trinajstić information content (AvgIpc) is 3.14. The zero-order chi connectivity index (χ0) is 16.2. The van der Waals surface area contributed by atoms with Crippen LogP contribution >= 0.6 is 0 Å². The van der Waals surface area contributed by atoms with E-state index in [4.69, 9.17) is 4.52 Å². The van der Waals surface area contributed by atoms with E-state index in [2.05, 4.69) is 39.6 Å². The number of aromatic nitrogens is 1. The molecule has 1 unspecified atom stereocenters. The molecule has 1 amide bonds. The Labute approximate surface area is 136 Å². The summed E-state index contributed by atoms with van der Waals surface area (Å²) in [5.74, 6) is 0.533. The largest absolute Gasteiger partial charge is 0.361 e. The van der Waals surface area contributed by atoms with Crippen molar-refractivity contribution in [1.29, 1.82) is 0 Å². The summed E-state index contributed by atoms with van der Waals surface area (Å²) in [5, 5.41) is 7.09. The highest BCUT2D eigenvalue weighted by molar-refractivity contribution is 5.96. The first-order chi connectivity index (χ1) is 11.2. The van der Waals surface area contributed by atoms with Crippen LogP contribution in [0.25, 0.3) is 0 Å². The first-order valence-electron chi connectivity index (χ1n) is 8.19. The molecule has 23 heavy (non-hydrogen) atoms. The van der Waals surface area contributed by atoms with Crippen LogP contribution in [0.15, 0.2) is 34.9 Å². The van der Waals surface area contributed by atoms with Crippen molar-refractivity contribution in [3.63, 3.8) is 0 Å². The number of amides is 1. The second kappa shape index (κ2) is 6.96. The van der Waals surface area contributed by atoms with Crippen LogP contribution in [0.2, 0.25) is 0 Å². The maximum Gasteiger partial charge on any atom is 0.257 e. The van der Waals surface area contributed by atoms with Gasteiger partial charge in [0.2, 0.25) is 0 Å². The molecule has 122 valence electrons. The summed E-state index contributed by atoms with van der Waals surface area (Å²) in [6.07, 6.45) is 1.68. The van der Waals surface area contributed by atoms with E-state index in [0.29, 0.717) is 17.7 Å². The van der Waals surface area contributed by atoms with Gasteiger partial charge >= 0.3 is 0 Å². The molecule has 1 aliphatic heterocycles. The van der Waals surface area contributed by atoms with Gasteiger partial charge in [-0.25, -0.2) is 0 Å². The van der Waals surface area contributed by atoms with E-state index in [9.17, 15) is 4.79 Å². The number of carbonyl (C=O) groups excluding carboxylic acids is 1. The number of aryl methyl sites for hydroxylation is 2. The van der Waals surface area contributed by atoms with E-state index in [1.807, 2.05) is 13.0 Å². The molecule has 0 aliphatic carbocycles. The van der Waals surface area contributed by atoms with Gasteiger partial charge < -0.3 is 9.84 Å². The number of benzene rings is 1. The van der Waals surface area contributed by atoms with Gasteiger partial charge in [0.05, 0.1) is 5.69 Å². The monoisotopic (exact) mass is 313 g/mol. The highest BCUT2D eigenvalue weighted by Crippen LogP contribution is 2.17. The van der Waals surface area contributed by atoms with E-state index < -0.39 is 0 Å². The molecule has 1 atom stereocenters. The van der Waals surface area contributed by atoms with Gasteiger partial charge in [-0.15, -0.1) is 0 Å². The van der Waals surface area contributed by atoms with Gasteiger partial charge in [-0.3, -0.25) is 9.69 Å². The van der Waals surface area contributed by atoms with E-state index >= 15 is 0 Å². The summed E-state index contributed by atoms with van der Waals surface area (Å²) in [5.41, 5.74) is 2.65. The van der Waals surface area contributed by atoms with Gasteiger partial charge in [-0.05, 0) is 25.3 Å². The number of likely N-dealkylation sites (tertiary alicyclic amines) is 1. The number of nitrogens with one attached hydrogen (secondary N) is 1. The molecule has 1 aromatic carbocycles. The summed E-state index contributed by atoms with van der Waals surface area (Å²) >= 11 is 0. The molecule has 0 saturated carbocycles. The van der Waals surface area contributed by atoms with Crippen LogP contribution in [0.5, 0.6) is 0 Å². The third-order valence-corrected chi connectivity index (χ3v) is 4.35. The molecule has 0 spiro atoms. The Balaban J connectivity index is 1.57. The van der Waals surface area contributed by atoms with Crippen molar-refractivity contribution >= 4 is 5.91 Å². The zero-order valence-electron chi connectivity index (χ0n) is 13.7. The summed E-state index contributed by atoms with van der Waals surface area (Å²) in [6.45, 7) is 6.58. The lowest BCUT2D eigenvalue weighted by molar-refractivity contribution is 0.0935. The Morgan fingerprint density at radius 1 is 1.39 bits per heavy atom. The fourth-order valence-corrected chi connectivity index (χ4v) is 3.14. The minimum absolute atomic E-state index is 0.0628. The van der Waals surface area contributed by atoms with Crippen LogP contribution in [-0.4, -0.2) is 35.1 Å². The second-order valence-corrected chi connectivity index (χ2v) is 6.09. The predicted octanol–water partition coefficient (Wildman–Crippen LogP) is 2.55. The number of hydrogen-bond donors (Lipinski definition) is 1. The standard InChI is InChI=1S/C18H23N3O2/c1-3-16-17(13(2)23-20-16)18(22)19-15-9-10-21(12-15)11-14-7-5-4-6-8-14/h4-8,15H,3,9-12H2,1-2H3,(H,19,22). The van der Waals surface area contributed by atoms with Crippen LogP contribution in [-0.2, 0) is 13.0 Å². The summed E-state index contributed by atoms with van der Waals surface area (Å²) in [4.78, 5) is 14.9. The van der Waals surface area contributed by atoms with E-state index in [1.165, 1.54) is 5.56 Å². The van der Waals surface area contributed by atoms with Crippen LogP contribution in [0.3, 0.4) is 0 Å². The Morgan fingerprint density at radius 3 is 2.91 bits per heavy atom. The predicted molar refractivity (Wildman–Crippen MR) is 88.2 cm³/mol. The molecule has 5 nitrogen and oxygen atoms in total. The van der Waals surface area contributed by atoms with Crippen molar-refractivity contribution in [1.82, 2.24) is 15.4 Å². The lowest BCUT2D eigenvalue weighted by Crippen LogP contribution is -2.37. The third kappa shape index (κ3) is 3.62. The van der Waals surface area contributed by atoms with Crippen molar-refractivity contribution in [3.8, 4) is 0 Å². The highest BCUT2D eigenvalue weighted by atomic mass is 16.5. The lowest BCUT2D eigenvalue weighted by Gasteiger charge is -2.16. The molecule has 1 aliphatic rings. The Kier molecular flexibility index (Phi) is 4.76. The quantitative estimate of drug-likeness (QED) is 0.921. The number of nitrogens with zero attached hydrogens (tertiary/aromatic N) is 2. The molecule has 3 rings (SSSR count). The Bertz CT molecular complexity index is 666. The fourth-order valence-electron chi connectivity index (χ4n) is 3.14. The zero-order valence-corrected chi connectivity index (χ0v) is 13.7. The molecule has 1 N–H and O–H groups in total. The molecule has 5 heteroatoms. The van der Waals surface area contributed by atoms with Crippen molar-refractivity contribution in [3.05, 3.63) is 52.9 Å². The average molecular weight is 313 g/mol. The molecule has 1 fully saturated rings. The minimum Gasteiger partial charge on any atom is -0.361 e. The second-order valence-electron chi connectivity index (χ2n) is 6.09. The fraction of sp³-hybridized carbons (Fsp3) is 0.444. The number of carbonyl (C=O) groups is 1. The molecule has 2 heterocycles.